The number of nitrogens with zero attached hydrogens (tertiary/aromatic N) is 2. The number of anilines is 1. The number of fused-ring (bicyclic) bond motifs is 1. The summed E-state index contributed by atoms with van der Waals surface area (Å²) in [4.78, 5) is 9.67. The molecule has 5 heteroatoms. The second kappa shape index (κ2) is 5.31. The molecule has 0 atom stereocenters. The van der Waals surface area contributed by atoms with Gasteiger partial charge in [0, 0.05) is 16.8 Å². The number of aromatic nitrogens is 1. The van der Waals surface area contributed by atoms with Gasteiger partial charge in [0.2, 0.25) is 0 Å². The molecule has 0 unspecified atom stereocenters. The molecule has 2 heterocycles. The highest BCUT2D eigenvalue weighted by Gasteiger charge is 2.19. The summed E-state index contributed by atoms with van der Waals surface area (Å²) >= 11 is 11.5. The summed E-state index contributed by atoms with van der Waals surface area (Å²) in [5, 5.41) is 3.93. The van der Waals surface area contributed by atoms with Crippen LogP contribution in [0.4, 0.5) is 5.69 Å². The SMILES string of the molecule is Cc1cc(Cl)cc2c1NC(=S)CN=C2c1ccccn1. The van der Waals surface area contributed by atoms with Crippen LogP contribution in [-0.2, 0) is 0 Å². The van der Waals surface area contributed by atoms with Crippen molar-refractivity contribution in [3.63, 3.8) is 0 Å². The lowest BCUT2D eigenvalue weighted by atomic mass is 10.0. The number of benzodiazepines with no additional fused rings is 1. The predicted molar refractivity (Wildman–Crippen MR) is 87.2 cm³/mol. The highest BCUT2D eigenvalue weighted by atomic mass is 35.5. The molecule has 1 aromatic carbocycles. The van der Waals surface area contributed by atoms with E-state index in [0.29, 0.717) is 16.6 Å². The van der Waals surface area contributed by atoms with Crippen LogP contribution in [0.1, 0.15) is 16.8 Å². The number of aliphatic imine (C=N–C) groups is 1. The summed E-state index contributed by atoms with van der Waals surface area (Å²) in [6, 6.07) is 9.58. The van der Waals surface area contributed by atoms with Crippen molar-refractivity contribution in [3.8, 4) is 0 Å². The van der Waals surface area contributed by atoms with Gasteiger partial charge in [0.25, 0.3) is 0 Å². The summed E-state index contributed by atoms with van der Waals surface area (Å²) in [5.74, 6) is 0. The first-order chi connectivity index (χ1) is 9.65. The standard InChI is InChI=1S/C15H12ClN3S/c1-9-6-10(16)7-11-14(9)19-13(20)8-18-15(11)12-4-2-3-5-17-12/h2-7H,8H2,1H3,(H,19,20). The van der Waals surface area contributed by atoms with Crippen LogP contribution in [0.3, 0.4) is 0 Å². The molecule has 0 bridgehead atoms. The van der Waals surface area contributed by atoms with Crippen molar-refractivity contribution in [3.05, 3.63) is 58.4 Å². The molecular weight excluding hydrogens is 290 g/mol. The topological polar surface area (TPSA) is 37.3 Å². The highest BCUT2D eigenvalue weighted by Crippen LogP contribution is 2.29. The van der Waals surface area contributed by atoms with Crippen molar-refractivity contribution in [2.45, 2.75) is 6.92 Å². The molecule has 0 fully saturated rings. The molecule has 0 saturated heterocycles. The fourth-order valence-electron chi connectivity index (χ4n) is 2.23. The molecule has 20 heavy (non-hydrogen) atoms. The van der Waals surface area contributed by atoms with Crippen LogP contribution in [0.25, 0.3) is 0 Å². The van der Waals surface area contributed by atoms with Crippen LogP contribution >= 0.6 is 23.8 Å². The zero-order chi connectivity index (χ0) is 14.1. The van der Waals surface area contributed by atoms with Crippen LogP contribution < -0.4 is 5.32 Å². The van der Waals surface area contributed by atoms with Gasteiger partial charge < -0.3 is 5.32 Å². The smallest absolute Gasteiger partial charge is 0.102 e. The molecule has 1 aliphatic rings. The average Bonchev–Trinajstić information content (AvgIpc) is 2.59. The number of aryl methyl sites for hydroxylation is 1. The van der Waals surface area contributed by atoms with Crippen molar-refractivity contribution in [2.75, 3.05) is 11.9 Å². The number of benzene rings is 1. The second-order valence-corrected chi connectivity index (χ2v) is 5.50. The summed E-state index contributed by atoms with van der Waals surface area (Å²) in [6.45, 7) is 2.45. The van der Waals surface area contributed by atoms with E-state index in [-0.39, 0.29) is 0 Å². The molecule has 1 N–H and O–H groups in total. The van der Waals surface area contributed by atoms with Gasteiger partial charge in [-0.3, -0.25) is 9.98 Å². The first kappa shape index (κ1) is 13.2. The number of halogens is 1. The Morgan fingerprint density at radius 1 is 1.30 bits per heavy atom. The maximum Gasteiger partial charge on any atom is 0.102 e. The largest absolute Gasteiger partial charge is 0.348 e. The van der Waals surface area contributed by atoms with Crippen molar-refractivity contribution in [1.82, 2.24) is 4.98 Å². The summed E-state index contributed by atoms with van der Waals surface area (Å²) in [6.07, 6.45) is 1.76. The Hall–Kier alpha value is -1.78. The van der Waals surface area contributed by atoms with Crippen LogP contribution in [0, 0.1) is 6.92 Å². The Kier molecular flexibility index (Phi) is 3.51. The molecule has 100 valence electrons. The highest BCUT2D eigenvalue weighted by molar-refractivity contribution is 7.80. The van der Waals surface area contributed by atoms with Crippen LogP contribution in [0.5, 0.6) is 0 Å². The molecule has 0 aliphatic carbocycles. The minimum atomic E-state index is 0.451. The van der Waals surface area contributed by atoms with Crippen LogP contribution in [0.15, 0.2) is 41.5 Å². The Morgan fingerprint density at radius 3 is 2.90 bits per heavy atom. The van der Waals surface area contributed by atoms with Gasteiger partial charge in [0.15, 0.2) is 0 Å². The monoisotopic (exact) mass is 301 g/mol. The summed E-state index contributed by atoms with van der Waals surface area (Å²) < 4.78 is 0. The Balaban J connectivity index is 2.24. The molecule has 1 aromatic heterocycles. The number of rotatable bonds is 1. The Bertz CT molecular complexity index is 711. The molecule has 3 rings (SSSR count). The van der Waals surface area contributed by atoms with Gasteiger partial charge in [0.1, 0.15) is 4.99 Å². The lowest BCUT2D eigenvalue weighted by Crippen LogP contribution is -2.12. The maximum absolute atomic E-state index is 6.19. The van der Waals surface area contributed by atoms with Crippen molar-refractivity contribution in [1.29, 1.82) is 0 Å². The number of hydrogen-bond acceptors (Lipinski definition) is 3. The van der Waals surface area contributed by atoms with Gasteiger partial charge in [-0.05, 0) is 36.8 Å². The number of pyridine rings is 1. The lowest BCUT2D eigenvalue weighted by molar-refractivity contribution is 1.25. The number of hydrogen-bond donors (Lipinski definition) is 1. The Morgan fingerprint density at radius 2 is 2.15 bits per heavy atom. The molecule has 0 amide bonds. The first-order valence-corrected chi connectivity index (χ1v) is 7.00. The van der Waals surface area contributed by atoms with Crippen molar-refractivity contribution < 1.29 is 0 Å². The zero-order valence-electron chi connectivity index (χ0n) is 10.9. The Labute approximate surface area is 127 Å². The van der Waals surface area contributed by atoms with Crippen molar-refractivity contribution in [2.24, 2.45) is 4.99 Å². The second-order valence-electron chi connectivity index (χ2n) is 4.57. The lowest BCUT2D eigenvalue weighted by Gasteiger charge is -2.13. The van der Waals surface area contributed by atoms with Gasteiger partial charge in [-0.25, -0.2) is 0 Å². The summed E-state index contributed by atoms with van der Waals surface area (Å²) in [5.41, 5.74) is 4.58. The minimum Gasteiger partial charge on any atom is -0.348 e. The predicted octanol–water partition coefficient (Wildman–Crippen LogP) is 3.63. The van der Waals surface area contributed by atoms with Crippen LogP contribution in [0.2, 0.25) is 5.02 Å². The molecule has 3 nitrogen and oxygen atoms in total. The maximum atomic E-state index is 6.19. The first-order valence-electron chi connectivity index (χ1n) is 6.21. The van der Waals surface area contributed by atoms with E-state index >= 15 is 0 Å². The quantitative estimate of drug-likeness (QED) is 0.817. The molecule has 0 radical (unpaired) electrons. The molecule has 2 aromatic rings. The molecule has 1 aliphatic heterocycles. The third kappa shape index (κ3) is 2.44. The number of nitrogens with one attached hydrogen (secondary N) is 1. The van der Waals surface area contributed by atoms with E-state index in [1.54, 1.807) is 6.20 Å². The van der Waals surface area contributed by atoms with E-state index in [2.05, 4.69) is 15.3 Å². The summed E-state index contributed by atoms with van der Waals surface area (Å²) in [7, 11) is 0. The van der Waals surface area contributed by atoms with Crippen LogP contribution in [-0.4, -0.2) is 22.2 Å². The molecular formula is C15H12ClN3S. The molecule has 0 saturated carbocycles. The molecule has 0 spiro atoms. The third-order valence-electron chi connectivity index (χ3n) is 3.11. The van der Waals surface area contributed by atoms with E-state index in [1.807, 2.05) is 37.3 Å². The van der Waals surface area contributed by atoms with Crippen molar-refractivity contribution >= 4 is 40.2 Å². The third-order valence-corrected chi connectivity index (χ3v) is 3.56. The van der Waals surface area contributed by atoms with E-state index in [0.717, 1.165) is 28.2 Å². The van der Waals surface area contributed by atoms with Gasteiger partial charge in [0.05, 0.1) is 23.6 Å². The fourth-order valence-corrected chi connectivity index (χ4v) is 2.67. The van der Waals surface area contributed by atoms with Gasteiger partial charge in [-0.15, -0.1) is 0 Å². The average molecular weight is 302 g/mol. The van der Waals surface area contributed by atoms with E-state index < -0.39 is 0 Å². The number of thiocarbonyl (C=S) groups is 1. The minimum absolute atomic E-state index is 0.451. The van der Waals surface area contributed by atoms with Gasteiger partial charge >= 0.3 is 0 Å². The van der Waals surface area contributed by atoms with Gasteiger partial charge in [-0.2, -0.15) is 0 Å². The zero-order valence-corrected chi connectivity index (χ0v) is 12.4. The van der Waals surface area contributed by atoms with E-state index in [1.165, 1.54) is 0 Å². The fraction of sp³-hybridized carbons (Fsp3) is 0.133. The van der Waals surface area contributed by atoms with Gasteiger partial charge in [-0.1, -0.05) is 29.9 Å². The normalized spacial score (nSPS) is 14.1. The van der Waals surface area contributed by atoms with E-state index in [9.17, 15) is 0 Å². The van der Waals surface area contributed by atoms with E-state index in [4.69, 9.17) is 23.8 Å².